The number of benzene rings is 3. The first-order valence-corrected chi connectivity index (χ1v) is 12.1. The molecule has 0 saturated heterocycles. The van der Waals surface area contributed by atoms with Gasteiger partial charge in [-0.05, 0) is 53.3 Å². The van der Waals surface area contributed by atoms with Crippen molar-refractivity contribution in [3.05, 3.63) is 95.2 Å². The summed E-state index contributed by atoms with van der Waals surface area (Å²) in [6, 6.07) is 21.1. The molecule has 5 rings (SSSR count). The minimum absolute atomic E-state index is 0.00723. The quantitative estimate of drug-likeness (QED) is 0.305. The lowest BCUT2D eigenvalue weighted by Gasteiger charge is -2.23. The van der Waals surface area contributed by atoms with Crippen LogP contribution in [0.3, 0.4) is 0 Å². The second-order valence-corrected chi connectivity index (χ2v) is 8.96. The summed E-state index contributed by atoms with van der Waals surface area (Å²) in [7, 11) is 0. The zero-order valence-corrected chi connectivity index (χ0v) is 20.4. The Bertz CT molecular complexity index is 1410. The van der Waals surface area contributed by atoms with Gasteiger partial charge >= 0.3 is 12.1 Å². The molecule has 3 N–H and O–H groups in total. The maximum Gasteiger partial charge on any atom is 0.412 e. The molecule has 0 bridgehead atoms. The molecule has 188 valence electrons. The summed E-state index contributed by atoms with van der Waals surface area (Å²) >= 11 is 0. The molecule has 8 nitrogen and oxygen atoms in total. The first-order chi connectivity index (χ1) is 18.0. The SMILES string of the molecule is CC(OC(=O)Nc1cnoc1-c1ccc(-c2ccc(CC(=O)O)cc2)c2c1CCNC2)c1ccccc1. The van der Waals surface area contributed by atoms with E-state index in [1.165, 1.54) is 6.20 Å². The number of hydrogen-bond acceptors (Lipinski definition) is 6. The molecule has 1 aliphatic rings. The molecule has 2 heterocycles. The molecule has 0 aliphatic carbocycles. The van der Waals surface area contributed by atoms with Crippen LogP contribution in [0.4, 0.5) is 10.5 Å². The largest absolute Gasteiger partial charge is 0.481 e. The van der Waals surface area contributed by atoms with Crippen molar-refractivity contribution in [1.29, 1.82) is 0 Å². The average Bonchev–Trinajstić information content (AvgIpc) is 3.36. The number of nitrogens with zero attached hydrogens (tertiary/aromatic N) is 1. The third kappa shape index (κ3) is 5.39. The molecule has 1 aliphatic heterocycles. The van der Waals surface area contributed by atoms with Gasteiger partial charge in [-0.2, -0.15) is 0 Å². The van der Waals surface area contributed by atoms with E-state index >= 15 is 0 Å². The Morgan fingerprint density at radius 3 is 2.57 bits per heavy atom. The van der Waals surface area contributed by atoms with Crippen LogP contribution in [0.5, 0.6) is 0 Å². The van der Waals surface area contributed by atoms with Crippen molar-refractivity contribution in [3.63, 3.8) is 0 Å². The van der Waals surface area contributed by atoms with E-state index in [0.717, 1.165) is 51.9 Å². The predicted molar refractivity (Wildman–Crippen MR) is 139 cm³/mol. The van der Waals surface area contributed by atoms with Crippen LogP contribution in [0.2, 0.25) is 0 Å². The summed E-state index contributed by atoms with van der Waals surface area (Å²) in [4.78, 5) is 23.7. The summed E-state index contributed by atoms with van der Waals surface area (Å²) in [6.07, 6.45) is 1.25. The lowest BCUT2D eigenvalue weighted by Crippen LogP contribution is -2.25. The number of carboxylic acids is 1. The highest BCUT2D eigenvalue weighted by molar-refractivity contribution is 5.91. The van der Waals surface area contributed by atoms with Gasteiger partial charge in [0.15, 0.2) is 5.76 Å². The van der Waals surface area contributed by atoms with Crippen LogP contribution in [-0.4, -0.2) is 28.9 Å². The molecule has 37 heavy (non-hydrogen) atoms. The highest BCUT2D eigenvalue weighted by Crippen LogP contribution is 2.38. The molecule has 0 saturated carbocycles. The molecule has 1 atom stereocenters. The van der Waals surface area contributed by atoms with Crippen LogP contribution in [0.1, 0.15) is 35.3 Å². The molecule has 0 radical (unpaired) electrons. The fourth-order valence-electron chi connectivity index (χ4n) is 4.68. The molecule has 4 aromatic rings. The third-order valence-electron chi connectivity index (χ3n) is 6.51. The van der Waals surface area contributed by atoms with Crippen LogP contribution in [0, 0.1) is 0 Å². The van der Waals surface area contributed by atoms with Gasteiger partial charge in [0, 0.05) is 12.1 Å². The highest BCUT2D eigenvalue weighted by atomic mass is 16.6. The number of carboxylic acid groups (broad SMARTS) is 1. The molecule has 1 amide bonds. The standard InChI is InChI=1S/C29H27N3O5/c1-18(20-5-3-2-4-6-20)36-29(35)32-26-17-31-37-28(26)24-12-11-22(25-16-30-14-13-23(24)25)21-9-7-19(8-10-21)15-27(33)34/h2-12,17-18,30H,13-16H2,1H3,(H,32,35)(H,33,34). The monoisotopic (exact) mass is 497 g/mol. The van der Waals surface area contributed by atoms with Crippen molar-refractivity contribution in [2.75, 3.05) is 11.9 Å². The number of rotatable bonds is 7. The Kier molecular flexibility index (Phi) is 7.00. The van der Waals surface area contributed by atoms with Gasteiger partial charge in [0.1, 0.15) is 11.8 Å². The number of aromatic nitrogens is 1. The zero-order valence-electron chi connectivity index (χ0n) is 20.4. The summed E-state index contributed by atoms with van der Waals surface area (Å²) in [6.45, 7) is 3.32. The van der Waals surface area contributed by atoms with E-state index in [1.807, 2.05) is 73.7 Å². The van der Waals surface area contributed by atoms with E-state index in [2.05, 4.69) is 15.8 Å². The minimum atomic E-state index is -0.853. The number of anilines is 1. The van der Waals surface area contributed by atoms with E-state index in [4.69, 9.17) is 14.4 Å². The number of ether oxygens (including phenoxy) is 1. The van der Waals surface area contributed by atoms with E-state index in [-0.39, 0.29) is 6.42 Å². The van der Waals surface area contributed by atoms with Gasteiger partial charge in [-0.15, -0.1) is 0 Å². The average molecular weight is 498 g/mol. The van der Waals surface area contributed by atoms with Gasteiger partial charge in [0.2, 0.25) is 0 Å². The predicted octanol–water partition coefficient (Wildman–Crippen LogP) is 5.59. The summed E-state index contributed by atoms with van der Waals surface area (Å²) in [5, 5.41) is 19.2. The van der Waals surface area contributed by atoms with Gasteiger partial charge < -0.3 is 19.7 Å². The molecule has 1 unspecified atom stereocenters. The molecular formula is C29H27N3O5. The fraction of sp³-hybridized carbons (Fsp3) is 0.207. The van der Waals surface area contributed by atoms with E-state index < -0.39 is 18.2 Å². The van der Waals surface area contributed by atoms with Crippen LogP contribution in [0.15, 0.2) is 77.4 Å². The van der Waals surface area contributed by atoms with Crippen molar-refractivity contribution in [2.45, 2.75) is 32.4 Å². The summed E-state index contributed by atoms with van der Waals surface area (Å²) < 4.78 is 11.2. The number of amides is 1. The summed E-state index contributed by atoms with van der Waals surface area (Å²) in [5.74, 6) is -0.376. The smallest absolute Gasteiger partial charge is 0.412 e. The molecular weight excluding hydrogens is 470 g/mol. The van der Waals surface area contributed by atoms with Crippen LogP contribution < -0.4 is 10.6 Å². The van der Waals surface area contributed by atoms with Crippen molar-refractivity contribution >= 4 is 17.7 Å². The van der Waals surface area contributed by atoms with Gasteiger partial charge in [-0.25, -0.2) is 4.79 Å². The van der Waals surface area contributed by atoms with E-state index in [1.54, 1.807) is 0 Å². The Hall–Kier alpha value is -4.43. The summed E-state index contributed by atoms with van der Waals surface area (Å²) in [5.41, 5.74) is 7.30. The number of hydrogen-bond donors (Lipinski definition) is 3. The normalized spacial score (nSPS) is 13.4. The molecule has 3 aromatic carbocycles. The first kappa shape index (κ1) is 24.3. The number of nitrogens with one attached hydrogen (secondary N) is 2. The fourth-order valence-corrected chi connectivity index (χ4v) is 4.68. The minimum Gasteiger partial charge on any atom is -0.481 e. The Morgan fingerprint density at radius 2 is 1.81 bits per heavy atom. The number of fused-ring (bicyclic) bond motifs is 1. The maximum atomic E-state index is 12.7. The molecule has 1 aromatic heterocycles. The third-order valence-corrected chi connectivity index (χ3v) is 6.51. The number of carbonyl (C=O) groups excluding carboxylic acids is 1. The van der Waals surface area contributed by atoms with E-state index in [9.17, 15) is 9.59 Å². The number of aliphatic carboxylic acids is 1. The second kappa shape index (κ2) is 10.7. The molecule has 8 heteroatoms. The topological polar surface area (TPSA) is 114 Å². The lowest BCUT2D eigenvalue weighted by atomic mass is 9.87. The zero-order chi connectivity index (χ0) is 25.8. The van der Waals surface area contributed by atoms with Gasteiger partial charge in [0.25, 0.3) is 0 Å². The van der Waals surface area contributed by atoms with Gasteiger partial charge in [-0.1, -0.05) is 71.9 Å². The van der Waals surface area contributed by atoms with Crippen molar-refractivity contribution in [1.82, 2.24) is 10.5 Å². The second-order valence-electron chi connectivity index (χ2n) is 8.96. The Morgan fingerprint density at radius 1 is 1.05 bits per heavy atom. The molecule has 0 spiro atoms. The van der Waals surface area contributed by atoms with Crippen LogP contribution >= 0.6 is 0 Å². The molecule has 0 fully saturated rings. The van der Waals surface area contributed by atoms with Crippen molar-refractivity contribution in [2.24, 2.45) is 0 Å². The van der Waals surface area contributed by atoms with Gasteiger partial charge in [0.05, 0.1) is 12.6 Å². The van der Waals surface area contributed by atoms with Crippen LogP contribution in [0.25, 0.3) is 22.5 Å². The van der Waals surface area contributed by atoms with Gasteiger partial charge in [-0.3, -0.25) is 10.1 Å². The maximum absolute atomic E-state index is 12.7. The van der Waals surface area contributed by atoms with Crippen LogP contribution in [-0.2, 0) is 28.9 Å². The van der Waals surface area contributed by atoms with E-state index in [0.29, 0.717) is 18.0 Å². The lowest BCUT2D eigenvalue weighted by molar-refractivity contribution is -0.136. The van der Waals surface area contributed by atoms with Crippen molar-refractivity contribution in [3.8, 4) is 22.5 Å². The highest BCUT2D eigenvalue weighted by Gasteiger charge is 2.24. The Balaban J connectivity index is 1.41. The first-order valence-electron chi connectivity index (χ1n) is 12.1. The Labute approximate surface area is 214 Å². The number of carbonyl (C=O) groups is 2. The van der Waals surface area contributed by atoms with Crippen molar-refractivity contribution < 1.29 is 24.0 Å².